The molecule has 5 rings (SSSR count). The Morgan fingerprint density at radius 1 is 1.22 bits per heavy atom. The number of piperidine rings is 2. The smallest absolute Gasteiger partial charge is 0.312 e. The molecule has 1 aromatic carbocycles. The fourth-order valence-electron chi connectivity index (χ4n) is 6.02. The number of benzene rings is 1. The molecule has 4 aliphatic rings. The van der Waals surface area contributed by atoms with E-state index < -0.39 is 34.7 Å². The van der Waals surface area contributed by atoms with Gasteiger partial charge >= 0.3 is 11.9 Å². The first-order valence-corrected chi connectivity index (χ1v) is 8.06. The summed E-state index contributed by atoms with van der Waals surface area (Å²) in [6.07, 6.45) is 0.574. The molecule has 3 fully saturated rings. The first kappa shape index (κ1) is 14.7. The lowest BCUT2D eigenvalue weighted by Crippen LogP contribution is -2.74. The Morgan fingerprint density at radius 3 is 2.39 bits per heavy atom. The maximum absolute atomic E-state index is 12.5. The molecular formula is C18H21NO4. The van der Waals surface area contributed by atoms with Gasteiger partial charge in [-0.1, -0.05) is 24.3 Å². The second-order valence-corrected chi connectivity index (χ2v) is 7.56. The number of hydrogen-bond donors (Lipinski definition) is 2. The molecule has 0 spiro atoms. The average Bonchev–Trinajstić information content (AvgIpc) is 2.71. The fraction of sp³-hybridized carbons (Fsp3) is 0.556. The van der Waals surface area contributed by atoms with E-state index in [1.165, 1.54) is 0 Å². The summed E-state index contributed by atoms with van der Waals surface area (Å²) in [5.41, 5.74) is 0.376. The zero-order chi connectivity index (χ0) is 16.7. The van der Waals surface area contributed by atoms with E-state index in [0.29, 0.717) is 6.42 Å². The molecule has 122 valence electrons. The molecule has 0 radical (unpaired) electrons. The fourth-order valence-corrected chi connectivity index (χ4v) is 6.02. The molecule has 2 N–H and O–H groups in total. The van der Waals surface area contributed by atoms with Gasteiger partial charge in [0.15, 0.2) is 0 Å². The standard InChI is InChI=1S/C18H21NO4/c1-9-18(16(22)23)12-8-17(2,19(9)3)14(15(20)21)13(18)11-7-5-4-6-10(11)12/h4-7,9,12-14H,8H2,1-3H3,(H,20,21)(H,22,23). The van der Waals surface area contributed by atoms with Crippen LogP contribution in [-0.4, -0.2) is 45.7 Å². The van der Waals surface area contributed by atoms with Gasteiger partial charge < -0.3 is 10.2 Å². The normalized spacial score (nSPS) is 44.1. The van der Waals surface area contributed by atoms with E-state index in [1.54, 1.807) is 0 Å². The maximum atomic E-state index is 12.5. The highest BCUT2D eigenvalue weighted by Gasteiger charge is 2.76. The van der Waals surface area contributed by atoms with Crippen molar-refractivity contribution in [3.63, 3.8) is 0 Å². The van der Waals surface area contributed by atoms with E-state index in [0.717, 1.165) is 11.1 Å². The minimum Gasteiger partial charge on any atom is -0.481 e. The summed E-state index contributed by atoms with van der Waals surface area (Å²) < 4.78 is 0. The molecule has 4 bridgehead atoms. The van der Waals surface area contributed by atoms with Gasteiger partial charge in [0.2, 0.25) is 0 Å². The van der Waals surface area contributed by atoms with Gasteiger partial charge in [0, 0.05) is 23.4 Å². The van der Waals surface area contributed by atoms with E-state index in [9.17, 15) is 19.8 Å². The van der Waals surface area contributed by atoms with Gasteiger partial charge in [-0.05, 0) is 38.4 Å². The molecule has 0 aromatic heterocycles. The van der Waals surface area contributed by atoms with Crippen molar-refractivity contribution < 1.29 is 19.8 Å². The van der Waals surface area contributed by atoms with Gasteiger partial charge in [-0.2, -0.15) is 0 Å². The van der Waals surface area contributed by atoms with Crippen LogP contribution in [-0.2, 0) is 9.59 Å². The molecule has 5 nitrogen and oxygen atoms in total. The highest BCUT2D eigenvalue weighted by molar-refractivity contribution is 5.86. The summed E-state index contributed by atoms with van der Waals surface area (Å²) in [6.45, 7) is 3.93. The summed E-state index contributed by atoms with van der Waals surface area (Å²) in [7, 11) is 1.88. The Balaban J connectivity index is 2.08. The van der Waals surface area contributed by atoms with E-state index in [-0.39, 0.29) is 12.0 Å². The summed E-state index contributed by atoms with van der Waals surface area (Å²) >= 11 is 0. The van der Waals surface area contributed by atoms with Crippen LogP contribution >= 0.6 is 0 Å². The molecule has 2 saturated heterocycles. The Labute approximate surface area is 134 Å². The number of rotatable bonds is 2. The van der Waals surface area contributed by atoms with Crippen molar-refractivity contribution in [3.8, 4) is 0 Å². The van der Waals surface area contributed by atoms with Gasteiger partial charge in [-0.25, -0.2) is 0 Å². The van der Waals surface area contributed by atoms with E-state index in [1.807, 2.05) is 50.1 Å². The Kier molecular flexibility index (Phi) is 2.65. The van der Waals surface area contributed by atoms with Crippen LogP contribution in [0.3, 0.4) is 0 Å². The Hall–Kier alpha value is -1.88. The number of carboxylic acid groups (broad SMARTS) is 2. The number of hydrogen-bond acceptors (Lipinski definition) is 3. The number of fused-ring (bicyclic) bond motifs is 2. The number of nitrogens with zero attached hydrogens (tertiary/aromatic N) is 1. The highest BCUT2D eigenvalue weighted by Crippen LogP contribution is 2.72. The maximum Gasteiger partial charge on any atom is 0.312 e. The monoisotopic (exact) mass is 315 g/mol. The van der Waals surface area contributed by atoms with E-state index in [2.05, 4.69) is 0 Å². The molecule has 2 heterocycles. The van der Waals surface area contributed by atoms with Crippen molar-refractivity contribution in [1.82, 2.24) is 4.90 Å². The van der Waals surface area contributed by atoms with Crippen molar-refractivity contribution in [2.24, 2.45) is 11.3 Å². The van der Waals surface area contributed by atoms with Gasteiger partial charge in [-0.3, -0.25) is 14.5 Å². The van der Waals surface area contributed by atoms with Crippen LogP contribution in [0.4, 0.5) is 0 Å². The summed E-state index contributed by atoms with van der Waals surface area (Å²) in [4.78, 5) is 26.6. The van der Waals surface area contributed by atoms with Crippen molar-refractivity contribution in [1.29, 1.82) is 0 Å². The summed E-state index contributed by atoms with van der Waals surface area (Å²) in [6, 6.07) is 7.52. The predicted octanol–water partition coefficient (Wildman–Crippen LogP) is 2.14. The zero-order valence-electron chi connectivity index (χ0n) is 13.5. The van der Waals surface area contributed by atoms with Gasteiger partial charge in [0.05, 0.1) is 11.3 Å². The highest BCUT2D eigenvalue weighted by atomic mass is 16.4. The number of carboxylic acids is 2. The van der Waals surface area contributed by atoms with Crippen molar-refractivity contribution >= 4 is 11.9 Å². The Bertz CT molecular complexity index is 731. The van der Waals surface area contributed by atoms with Crippen LogP contribution in [0.5, 0.6) is 0 Å². The molecule has 2 aliphatic carbocycles. The molecule has 0 amide bonds. The third kappa shape index (κ3) is 1.34. The molecular weight excluding hydrogens is 294 g/mol. The van der Waals surface area contributed by atoms with Crippen molar-refractivity contribution in [3.05, 3.63) is 35.4 Å². The van der Waals surface area contributed by atoms with Crippen LogP contribution in [0.15, 0.2) is 24.3 Å². The number of aliphatic carboxylic acids is 2. The lowest BCUT2D eigenvalue weighted by molar-refractivity contribution is -0.201. The minimum atomic E-state index is -1.06. The third-order valence-corrected chi connectivity index (χ3v) is 7.13. The van der Waals surface area contributed by atoms with Gasteiger partial charge in [0.1, 0.15) is 0 Å². The van der Waals surface area contributed by atoms with Crippen molar-refractivity contribution in [2.75, 3.05) is 7.05 Å². The SMILES string of the molecule is CC1N(C)C2(C)CC3c4ccccc4C(C2C(=O)O)C31C(=O)O. The van der Waals surface area contributed by atoms with E-state index in [4.69, 9.17) is 0 Å². The van der Waals surface area contributed by atoms with E-state index >= 15 is 0 Å². The molecule has 2 aliphatic heterocycles. The van der Waals surface area contributed by atoms with Gasteiger partial charge in [-0.15, -0.1) is 0 Å². The topological polar surface area (TPSA) is 77.8 Å². The van der Waals surface area contributed by atoms with Crippen molar-refractivity contribution in [2.45, 2.75) is 43.7 Å². The second-order valence-electron chi connectivity index (χ2n) is 7.56. The average molecular weight is 315 g/mol. The van der Waals surface area contributed by atoms with Crippen LogP contribution < -0.4 is 0 Å². The third-order valence-electron chi connectivity index (χ3n) is 7.13. The van der Waals surface area contributed by atoms with Gasteiger partial charge in [0.25, 0.3) is 0 Å². The first-order valence-electron chi connectivity index (χ1n) is 8.06. The molecule has 23 heavy (non-hydrogen) atoms. The molecule has 6 atom stereocenters. The summed E-state index contributed by atoms with van der Waals surface area (Å²) in [5.74, 6) is -3.05. The minimum absolute atomic E-state index is 0.118. The zero-order valence-corrected chi connectivity index (χ0v) is 13.5. The number of carbonyl (C=O) groups is 2. The van der Waals surface area contributed by atoms with Crippen LogP contribution in [0, 0.1) is 11.3 Å². The molecule has 5 heteroatoms. The molecule has 6 unspecified atom stereocenters. The van der Waals surface area contributed by atoms with Crippen LogP contribution in [0.25, 0.3) is 0 Å². The molecule has 1 saturated carbocycles. The lowest BCUT2D eigenvalue weighted by atomic mass is 9.47. The largest absolute Gasteiger partial charge is 0.481 e. The second kappa shape index (κ2) is 4.15. The first-order chi connectivity index (χ1) is 10.8. The summed E-state index contributed by atoms with van der Waals surface area (Å²) in [5, 5.41) is 20.2. The Morgan fingerprint density at radius 2 is 1.83 bits per heavy atom. The lowest BCUT2D eigenvalue weighted by Gasteiger charge is -2.65. The quantitative estimate of drug-likeness (QED) is 0.874. The van der Waals surface area contributed by atoms with Crippen LogP contribution in [0.1, 0.15) is 43.2 Å². The predicted molar refractivity (Wildman–Crippen MR) is 83.4 cm³/mol. The molecule has 1 aromatic rings. The van der Waals surface area contributed by atoms with Crippen LogP contribution in [0.2, 0.25) is 0 Å².